The maximum absolute atomic E-state index is 12.2. The maximum atomic E-state index is 12.2. The normalized spacial score (nSPS) is 19.4. The topological polar surface area (TPSA) is 49.0 Å². The third-order valence-corrected chi connectivity index (χ3v) is 4.17. The van der Waals surface area contributed by atoms with E-state index in [2.05, 4.69) is 24.0 Å². The molecule has 1 aliphatic rings. The van der Waals surface area contributed by atoms with E-state index in [1.807, 2.05) is 11.8 Å². The minimum Gasteiger partial charge on any atom is -0.339 e. The Morgan fingerprint density at radius 3 is 2.65 bits per heavy atom. The molecular formula is C13H21N3O. The van der Waals surface area contributed by atoms with Gasteiger partial charge in [0.1, 0.15) is 0 Å². The van der Waals surface area contributed by atoms with Crippen molar-refractivity contribution in [1.29, 1.82) is 0 Å². The minimum atomic E-state index is 0.120. The van der Waals surface area contributed by atoms with Crippen LogP contribution in [0.1, 0.15) is 49.2 Å². The van der Waals surface area contributed by atoms with E-state index in [9.17, 15) is 4.79 Å². The number of amides is 1. The third kappa shape index (κ3) is 2.35. The Hall–Kier alpha value is -1.32. The predicted molar refractivity (Wildman–Crippen MR) is 66.9 cm³/mol. The molecule has 2 heterocycles. The van der Waals surface area contributed by atoms with Crippen molar-refractivity contribution in [3.8, 4) is 0 Å². The number of aromatic amines is 1. The lowest BCUT2D eigenvalue weighted by atomic mass is 9.78. The molecule has 1 fully saturated rings. The summed E-state index contributed by atoms with van der Waals surface area (Å²) in [7, 11) is 0. The second kappa shape index (κ2) is 4.51. The number of hydrogen-bond donors (Lipinski definition) is 1. The van der Waals surface area contributed by atoms with Crippen LogP contribution in [0.4, 0.5) is 0 Å². The molecule has 4 heteroatoms. The smallest absolute Gasteiger partial charge is 0.257 e. The third-order valence-electron chi connectivity index (χ3n) is 4.17. The van der Waals surface area contributed by atoms with Gasteiger partial charge >= 0.3 is 0 Å². The van der Waals surface area contributed by atoms with Gasteiger partial charge in [0.15, 0.2) is 0 Å². The summed E-state index contributed by atoms with van der Waals surface area (Å²) in [5.41, 5.74) is 1.99. The van der Waals surface area contributed by atoms with Crippen molar-refractivity contribution in [2.24, 2.45) is 5.41 Å². The quantitative estimate of drug-likeness (QED) is 0.855. The molecule has 2 rings (SSSR count). The summed E-state index contributed by atoms with van der Waals surface area (Å²) >= 11 is 0. The first kappa shape index (κ1) is 12.1. The molecule has 94 valence electrons. The zero-order valence-corrected chi connectivity index (χ0v) is 10.9. The molecule has 0 saturated carbocycles. The van der Waals surface area contributed by atoms with E-state index in [1.54, 1.807) is 6.20 Å². The summed E-state index contributed by atoms with van der Waals surface area (Å²) in [4.78, 5) is 14.2. The number of carbonyl (C=O) groups is 1. The first-order valence-electron chi connectivity index (χ1n) is 6.35. The number of carbonyl (C=O) groups excluding carboxylic acids is 1. The van der Waals surface area contributed by atoms with E-state index in [0.717, 1.165) is 31.6 Å². The first-order chi connectivity index (χ1) is 8.06. The fourth-order valence-corrected chi connectivity index (χ4v) is 2.34. The highest BCUT2D eigenvalue weighted by molar-refractivity contribution is 5.95. The van der Waals surface area contributed by atoms with Gasteiger partial charge in [0.05, 0.1) is 11.8 Å². The summed E-state index contributed by atoms with van der Waals surface area (Å²) in [6.45, 7) is 8.18. The number of H-pyrrole nitrogens is 1. The number of aromatic nitrogens is 2. The van der Waals surface area contributed by atoms with E-state index in [0.29, 0.717) is 11.0 Å². The highest BCUT2D eigenvalue weighted by Crippen LogP contribution is 2.34. The van der Waals surface area contributed by atoms with Crippen LogP contribution in [-0.2, 0) is 0 Å². The van der Waals surface area contributed by atoms with Gasteiger partial charge in [-0.1, -0.05) is 20.3 Å². The lowest BCUT2D eigenvalue weighted by molar-refractivity contribution is 0.0599. The zero-order valence-electron chi connectivity index (χ0n) is 10.9. The van der Waals surface area contributed by atoms with Gasteiger partial charge in [-0.2, -0.15) is 5.10 Å². The highest BCUT2D eigenvalue weighted by Gasteiger charge is 2.31. The molecule has 1 N–H and O–H groups in total. The van der Waals surface area contributed by atoms with Gasteiger partial charge in [-0.25, -0.2) is 0 Å². The molecule has 17 heavy (non-hydrogen) atoms. The maximum Gasteiger partial charge on any atom is 0.257 e. The SMILES string of the molecule is CCC1(C)CCN(C(=O)c2cn[nH]c2C)CC1. The van der Waals surface area contributed by atoms with Crippen LogP contribution < -0.4 is 0 Å². The van der Waals surface area contributed by atoms with Crippen LogP contribution in [0.3, 0.4) is 0 Å². The van der Waals surface area contributed by atoms with E-state index in [-0.39, 0.29) is 5.91 Å². The van der Waals surface area contributed by atoms with Gasteiger partial charge in [0.2, 0.25) is 0 Å². The Morgan fingerprint density at radius 2 is 2.18 bits per heavy atom. The molecule has 0 radical (unpaired) electrons. The van der Waals surface area contributed by atoms with Gasteiger partial charge in [0, 0.05) is 18.8 Å². The van der Waals surface area contributed by atoms with Crippen molar-refractivity contribution in [2.75, 3.05) is 13.1 Å². The molecule has 0 atom stereocenters. The molecule has 0 aromatic carbocycles. The minimum absolute atomic E-state index is 0.120. The average molecular weight is 235 g/mol. The van der Waals surface area contributed by atoms with Crippen LogP contribution in [0.2, 0.25) is 0 Å². The van der Waals surface area contributed by atoms with Crippen LogP contribution in [0, 0.1) is 12.3 Å². The number of nitrogens with zero attached hydrogens (tertiary/aromatic N) is 2. The Bertz CT molecular complexity index is 403. The Kier molecular flexibility index (Phi) is 3.22. The van der Waals surface area contributed by atoms with Gasteiger partial charge in [-0.05, 0) is 25.2 Å². The molecule has 1 aliphatic heterocycles. The lowest BCUT2D eigenvalue weighted by Crippen LogP contribution is -2.42. The number of piperidine rings is 1. The van der Waals surface area contributed by atoms with Crippen LogP contribution in [-0.4, -0.2) is 34.1 Å². The highest BCUT2D eigenvalue weighted by atomic mass is 16.2. The fraction of sp³-hybridized carbons (Fsp3) is 0.692. The zero-order chi connectivity index (χ0) is 12.5. The van der Waals surface area contributed by atoms with Gasteiger partial charge < -0.3 is 4.90 Å². The second-order valence-corrected chi connectivity index (χ2v) is 5.37. The van der Waals surface area contributed by atoms with Crippen molar-refractivity contribution in [2.45, 2.75) is 40.0 Å². The van der Waals surface area contributed by atoms with E-state index < -0.39 is 0 Å². The van der Waals surface area contributed by atoms with Gasteiger partial charge in [-0.15, -0.1) is 0 Å². The molecule has 1 aromatic heterocycles. The van der Waals surface area contributed by atoms with Crippen LogP contribution in [0.25, 0.3) is 0 Å². The first-order valence-corrected chi connectivity index (χ1v) is 6.35. The van der Waals surface area contributed by atoms with Crippen LogP contribution >= 0.6 is 0 Å². The van der Waals surface area contributed by atoms with Crippen molar-refractivity contribution < 1.29 is 4.79 Å². The van der Waals surface area contributed by atoms with E-state index in [4.69, 9.17) is 0 Å². The number of hydrogen-bond acceptors (Lipinski definition) is 2. The molecular weight excluding hydrogens is 214 g/mol. The largest absolute Gasteiger partial charge is 0.339 e. The standard InChI is InChI=1S/C13H21N3O/c1-4-13(3)5-7-16(8-6-13)12(17)11-9-14-15-10(11)2/h9H,4-8H2,1-3H3,(H,14,15). The Balaban J connectivity index is 2.02. The van der Waals surface area contributed by atoms with Crippen molar-refractivity contribution in [3.05, 3.63) is 17.5 Å². The molecule has 0 bridgehead atoms. The molecule has 1 aromatic rings. The second-order valence-electron chi connectivity index (χ2n) is 5.37. The van der Waals surface area contributed by atoms with Crippen molar-refractivity contribution >= 4 is 5.91 Å². The van der Waals surface area contributed by atoms with E-state index >= 15 is 0 Å². The molecule has 0 unspecified atom stereocenters. The summed E-state index contributed by atoms with van der Waals surface area (Å²) in [6.07, 6.45) is 5.03. The average Bonchev–Trinajstić information content (AvgIpc) is 2.76. The fourth-order valence-electron chi connectivity index (χ4n) is 2.34. The molecule has 4 nitrogen and oxygen atoms in total. The lowest BCUT2D eigenvalue weighted by Gasteiger charge is -2.38. The van der Waals surface area contributed by atoms with Crippen LogP contribution in [0.5, 0.6) is 0 Å². The van der Waals surface area contributed by atoms with Crippen molar-refractivity contribution in [3.63, 3.8) is 0 Å². The summed E-state index contributed by atoms with van der Waals surface area (Å²) in [6, 6.07) is 0. The van der Waals surface area contributed by atoms with Gasteiger partial charge in [-0.3, -0.25) is 9.89 Å². The molecule has 0 spiro atoms. The van der Waals surface area contributed by atoms with E-state index in [1.165, 1.54) is 6.42 Å². The Morgan fingerprint density at radius 1 is 1.53 bits per heavy atom. The number of likely N-dealkylation sites (tertiary alicyclic amines) is 1. The van der Waals surface area contributed by atoms with Crippen molar-refractivity contribution in [1.82, 2.24) is 15.1 Å². The number of nitrogens with one attached hydrogen (secondary N) is 1. The molecule has 1 amide bonds. The number of rotatable bonds is 2. The summed E-state index contributed by atoms with van der Waals surface area (Å²) in [5, 5.41) is 6.73. The van der Waals surface area contributed by atoms with Gasteiger partial charge in [0.25, 0.3) is 5.91 Å². The monoisotopic (exact) mass is 235 g/mol. The summed E-state index contributed by atoms with van der Waals surface area (Å²) in [5.74, 6) is 0.120. The number of aryl methyl sites for hydroxylation is 1. The molecule has 0 aliphatic carbocycles. The van der Waals surface area contributed by atoms with Crippen LogP contribution in [0.15, 0.2) is 6.20 Å². The summed E-state index contributed by atoms with van der Waals surface area (Å²) < 4.78 is 0. The predicted octanol–water partition coefficient (Wildman–Crippen LogP) is 2.37. The Labute approximate surface area is 102 Å². The molecule has 1 saturated heterocycles.